The number of sulfone groups is 1. The zero-order valence-corrected chi connectivity index (χ0v) is 11.5. The monoisotopic (exact) mass is 285 g/mol. The van der Waals surface area contributed by atoms with Gasteiger partial charge in [-0.2, -0.15) is 0 Å². The molecule has 18 heavy (non-hydrogen) atoms. The van der Waals surface area contributed by atoms with Crippen LogP contribution in [0.4, 0.5) is 0 Å². The van der Waals surface area contributed by atoms with E-state index in [0.29, 0.717) is 18.4 Å². The summed E-state index contributed by atoms with van der Waals surface area (Å²) in [6, 6.07) is 6.92. The average Bonchev–Trinajstić information content (AvgIpc) is 2.32. The molecule has 98 valence electrons. The Morgan fingerprint density at radius 3 is 2.56 bits per heavy atom. The fraction of sp³-hybridized carbons (Fsp3) is 0.417. The second kappa shape index (κ2) is 5.32. The van der Waals surface area contributed by atoms with E-state index in [2.05, 4.69) is 17.9 Å². The highest BCUT2D eigenvalue weighted by molar-refractivity contribution is 7.91. The maximum absolute atomic E-state index is 11.9. The Balaban J connectivity index is 1.97. The van der Waals surface area contributed by atoms with Gasteiger partial charge in [0.05, 0.1) is 11.5 Å². The predicted molar refractivity (Wildman–Crippen MR) is 72.8 cm³/mol. The molecule has 1 saturated heterocycles. The van der Waals surface area contributed by atoms with Crippen molar-refractivity contribution in [2.24, 2.45) is 0 Å². The van der Waals surface area contributed by atoms with E-state index in [9.17, 15) is 13.2 Å². The van der Waals surface area contributed by atoms with Crippen molar-refractivity contribution in [3.63, 3.8) is 0 Å². The molecule has 0 atom stereocenters. The third-order valence-corrected chi connectivity index (χ3v) is 4.99. The van der Waals surface area contributed by atoms with Crippen LogP contribution in [0.15, 0.2) is 29.2 Å². The van der Waals surface area contributed by atoms with Crippen LogP contribution in [0.5, 0.6) is 0 Å². The molecule has 1 N–H and O–H groups in total. The van der Waals surface area contributed by atoms with Crippen molar-refractivity contribution in [2.45, 2.75) is 23.8 Å². The van der Waals surface area contributed by atoms with Crippen molar-refractivity contribution in [1.29, 1.82) is 0 Å². The summed E-state index contributed by atoms with van der Waals surface area (Å²) in [7, 11) is -2.89. The molecule has 4 nitrogen and oxygen atoms in total. The molecule has 0 radical (unpaired) electrons. The van der Waals surface area contributed by atoms with E-state index in [1.807, 2.05) is 0 Å². The molecule has 0 aliphatic carbocycles. The van der Waals surface area contributed by atoms with Crippen LogP contribution in [-0.2, 0) is 9.84 Å². The summed E-state index contributed by atoms with van der Waals surface area (Å²) < 4.78 is 22.5. The highest BCUT2D eigenvalue weighted by Crippen LogP contribution is 2.14. The van der Waals surface area contributed by atoms with Gasteiger partial charge in [-0.3, -0.25) is 4.79 Å². The number of carbonyl (C=O) groups excluding carboxylic acids is 1. The van der Waals surface area contributed by atoms with Gasteiger partial charge in [-0.05, 0) is 31.0 Å². The molecule has 0 unspecified atom stereocenters. The maximum atomic E-state index is 11.9. The fourth-order valence-electron chi connectivity index (χ4n) is 1.95. The van der Waals surface area contributed by atoms with Gasteiger partial charge in [-0.25, -0.2) is 8.42 Å². The maximum Gasteiger partial charge on any atom is 0.251 e. The molecule has 0 bridgehead atoms. The van der Waals surface area contributed by atoms with Gasteiger partial charge < -0.3 is 5.32 Å². The molecule has 1 heterocycles. The molecular weight excluding hydrogens is 270 g/mol. The van der Waals surface area contributed by atoms with Gasteiger partial charge in [-0.15, -0.1) is 12.6 Å². The van der Waals surface area contributed by atoms with Crippen LogP contribution in [0, 0.1) is 0 Å². The molecule has 1 aromatic carbocycles. The molecule has 1 aliphatic rings. The number of thiol groups is 1. The SMILES string of the molecule is O=C(NC1CCS(=O)(=O)CC1)c1cccc(S)c1. The molecule has 0 spiro atoms. The summed E-state index contributed by atoms with van der Waals surface area (Å²) in [5.41, 5.74) is 0.552. The zero-order chi connectivity index (χ0) is 13.2. The molecule has 1 amide bonds. The van der Waals surface area contributed by atoms with Gasteiger partial charge in [0.2, 0.25) is 0 Å². The van der Waals surface area contributed by atoms with Gasteiger partial charge in [0.15, 0.2) is 0 Å². The van der Waals surface area contributed by atoms with Gasteiger partial charge in [-0.1, -0.05) is 6.07 Å². The highest BCUT2D eigenvalue weighted by Gasteiger charge is 2.24. The summed E-state index contributed by atoms with van der Waals surface area (Å²) in [6.45, 7) is 0. The molecule has 0 aromatic heterocycles. The lowest BCUT2D eigenvalue weighted by Gasteiger charge is -2.23. The summed E-state index contributed by atoms with van der Waals surface area (Å²) in [5.74, 6) is 0.143. The molecule has 1 aromatic rings. The van der Waals surface area contributed by atoms with Crippen molar-refractivity contribution >= 4 is 28.4 Å². The first kappa shape index (κ1) is 13.4. The summed E-state index contributed by atoms with van der Waals surface area (Å²) in [6.07, 6.45) is 0.989. The number of amides is 1. The first-order chi connectivity index (χ1) is 8.46. The quantitative estimate of drug-likeness (QED) is 0.805. The normalized spacial score (nSPS) is 19.4. The summed E-state index contributed by atoms with van der Waals surface area (Å²) in [5, 5.41) is 2.86. The van der Waals surface area contributed by atoms with Crippen LogP contribution < -0.4 is 5.32 Å². The summed E-state index contributed by atoms with van der Waals surface area (Å²) >= 11 is 4.18. The largest absolute Gasteiger partial charge is 0.349 e. The van der Waals surface area contributed by atoms with Crippen LogP contribution in [0.3, 0.4) is 0 Å². The van der Waals surface area contributed by atoms with E-state index in [4.69, 9.17) is 0 Å². The smallest absolute Gasteiger partial charge is 0.251 e. The molecular formula is C12H15NO3S2. The fourth-order valence-corrected chi connectivity index (χ4v) is 3.67. The molecule has 6 heteroatoms. The lowest BCUT2D eigenvalue weighted by atomic mass is 10.1. The number of nitrogens with one attached hydrogen (secondary N) is 1. The first-order valence-electron chi connectivity index (χ1n) is 5.76. The van der Waals surface area contributed by atoms with Gasteiger partial charge in [0, 0.05) is 16.5 Å². The van der Waals surface area contributed by atoms with E-state index in [-0.39, 0.29) is 23.5 Å². The van der Waals surface area contributed by atoms with Crippen molar-refractivity contribution < 1.29 is 13.2 Å². The van der Waals surface area contributed by atoms with Crippen LogP contribution in [0.25, 0.3) is 0 Å². The Kier molecular flexibility index (Phi) is 3.97. The van der Waals surface area contributed by atoms with Gasteiger partial charge in [0.25, 0.3) is 5.91 Å². The minimum atomic E-state index is -2.89. The first-order valence-corrected chi connectivity index (χ1v) is 8.03. The molecule has 2 rings (SSSR count). The van der Waals surface area contributed by atoms with E-state index < -0.39 is 9.84 Å². The van der Waals surface area contributed by atoms with Crippen molar-refractivity contribution in [2.75, 3.05) is 11.5 Å². The topological polar surface area (TPSA) is 63.2 Å². The van der Waals surface area contributed by atoms with Gasteiger partial charge in [0.1, 0.15) is 9.84 Å². The Hall–Kier alpha value is -1.01. The van der Waals surface area contributed by atoms with Crippen LogP contribution in [0.2, 0.25) is 0 Å². The second-order valence-corrected chi connectivity index (χ2v) is 7.27. The average molecular weight is 285 g/mol. The van der Waals surface area contributed by atoms with Crippen molar-refractivity contribution in [3.05, 3.63) is 29.8 Å². The highest BCUT2D eigenvalue weighted by atomic mass is 32.2. The minimum absolute atomic E-state index is 0.0513. The number of hydrogen-bond acceptors (Lipinski definition) is 4. The van der Waals surface area contributed by atoms with E-state index in [1.54, 1.807) is 24.3 Å². The van der Waals surface area contributed by atoms with E-state index in [1.165, 1.54) is 0 Å². The molecule has 0 saturated carbocycles. The Labute approximate surface area is 112 Å². The number of carbonyl (C=O) groups is 1. The molecule has 1 fully saturated rings. The standard InChI is InChI=1S/C12H15NO3S2/c14-12(9-2-1-3-11(17)8-9)13-10-4-6-18(15,16)7-5-10/h1-3,8,10,17H,4-7H2,(H,13,14). The van der Waals surface area contributed by atoms with E-state index in [0.717, 1.165) is 4.90 Å². The van der Waals surface area contributed by atoms with Crippen molar-refractivity contribution in [3.8, 4) is 0 Å². The lowest BCUT2D eigenvalue weighted by Crippen LogP contribution is -2.40. The van der Waals surface area contributed by atoms with Crippen LogP contribution in [0.1, 0.15) is 23.2 Å². The number of benzene rings is 1. The molecule has 1 aliphatic heterocycles. The Morgan fingerprint density at radius 1 is 1.28 bits per heavy atom. The Morgan fingerprint density at radius 2 is 1.94 bits per heavy atom. The van der Waals surface area contributed by atoms with Crippen LogP contribution in [-0.4, -0.2) is 31.9 Å². The summed E-state index contributed by atoms with van der Waals surface area (Å²) in [4.78, 5) is 12.7. The number of rotatable bonds is 2. The minimum Gasteiger partial charge on any atom is -0.349 e. The van der Waals surface area contributed by atoms with E-state index >= 15 is 0 Å². The second-order valence-electron chi connectivity index (χ2n) is 4.45. The Bertz CT molecular complexity index is 540. The third kappa shape index (κ3) is 3.49. The zero-order valence-electron chi connectivity index (χ0n) is 9.80. The van der Waals surface area contributed by atoms with Crippen molar-refractivity contribution in [1.82, 2.24) is 5.32 Å². The van der Waals surface area contributed by atoms with Gasteiger partial charge >= 0.3 is 0 Å². The number of hydrogen-bond donors (Lipinski definition) is 2. The third-order valence-electron chi connectivity index (χ3n) is 3.00. The predicted octanol–water partition coefficient (Wildman–Crippen LogP) is 1.28. The van der Waals surface area contributed by atoms with Crippen LogP contribution >= 0.6 is 12.6 Å². The lowest BCUT2D eigenvalue weighted by molar-refractivity contribution is 0.0934.